The highest BCUT2D eigenvalue weighted by Gasteiger charge is 2.34. The number of rotatable bonds is 3. The Kier molecular flexibility index (Phi) is 3.82. The number of aryl methyl sites for hydroxylation is 2. The monoisotopic (exact) mass is 354 g/mol. The van der Waals surface area contributed by atoms with Gasteiger partial charge < -0.3 is 4.90 Å². The first-order valence-electron chi connectivity index (χ1n) is 8.42. The highest BCUT2D eigenvalue weighted by Crippen LogP contribution is 2.29. The van der Waals surface area contributed by atoms with Crippen molar-refractivity contribution in [3.8, 4) is 11.5 Å². The summed E-state index contributed by atoms with van der Waals surface area (Å²) in [6, 6.07) is 7.78. The molecule has 0 saturated carbocycles. The first-order valence-corrected chi connectivity index (χ1v) is 8.42. The molecule has 1 atom stereocenters. The van der Waals surface area contributed by atoms with Gasteiger partial charge in [-0.15, -0.1) is 10.2 Å². The van der Waals surface area contributed by atoms with Crippen molar-refractivity contribution in [3.05, 3.63) is 53.2 Å². The van der Waals surface area contributed by atoms with Gasteiger partial charge in [-0.05, 0) is 37.6 Å². The van der Waals surface area contributed by atoms with Gasteiger partial charge in [0.25, 0.3) is 0 Å². The van der Waals surface area contributed by atoms with E-state index in [1.54, 1.807) is 15.6 Å². The van der Waals surface area contributed by atoms with Crippen LogP contribution in [0.5, 0.6) is 0 Å². The molecule has 2 aromatic heterocycles. The fourth-order valence-electron chi connectivity index (χ4n) is 3.45. The zero-order chi connectivity index (χ0) is 18.4. The molecule has 4 rings (SSSR count). The van der Waals surface area contributed by atoms with Crippen LogP contribution in [0.15, 0.2) is 30.3 Å². The van der Waals surface area contributed by atoms with Crippen LogP contribution in [0.2, 0.25) is 0 Å². The van der Waals surface area contributed by atoms with Crippen LogP contribution in [0, 0.1) is 12.7 Å². The molecule has 8 heteroatoms. The number of halogens is 1. The van der Waals surface area contributed by atoms with Crippen molar-refractivity contribution in [1.82, 2.24) is 29.4 Å². The molecule has 3 heterocycles. The zero-order valence-corrected chi connectivity index (χ0v) is 14.8. The van der Waals surface area contributed by atoms with Crippen molar-refractivity contribution in [1.29, 1.82) is 0 Å². The number of carbonyl (C=O) groups excluding carboxylic acids is 1. The molecule has 0 bridgehead atoms. The predicted molar refractivity (Wildman–Crippen MR) is 92.3 cm³/mol. The van der Waals surface area contributed by atoms with Gasteiger partial charge in [0.1, 0.15) is 17.6 Å². The molecule has 26 heavy (non-hydrogen) atoms. The third-order valence-electron chi connectivity index (χ3n) is 4.65. The molecule has 0 fully saturated rings. The Bertz CT molecular complexity index is 991. The Morgan fingerprint density at radius 2 is 2.08 bits per heavy atom. The normalized spacial score (nSPS) is 16.8. The maximum atomic E-state index is 13.4. The molecule has 0 aliphatic carbocycles. The SMILES string of the molecule is Cc1cc(-c2nnc3n2[C@@H](C)C(=O)N(Cc2cccc(F)c2)C3)n(C)n1. The molecule has 1 aromatic carbocycles. The summed E-state index contributed by atoms with van der Waals surface area (Å²) in [5, 5.41) is 12.9. The van der Waals surface area contributed by atoms with Crippen molar-refractivity contribution in [2.75, 3.05) is 0 Å². The predicted octanol–water partition coefficient (Wildman–Crippen LogP) is 2.23. The summed E-state index contributed by atoms with van der Waals surface area (Å²) < 4.78 is 17.0. The second kappa shape index (κ2) is 6.05. The van der Waals surface area contributed by atoms with E-state index in [4.69, 9.17) is 0 Å². The van der Waals surface area contributed by atoms with Gasteiger partial charge in [-0.1, -0.05) is 12.1 Å². The van der Waals surface area contributed by atoms with Gasteiger partial charge in [0.2, 0.25) is 5.91 Å². The van der Waals surface area contributed by atoms with E-state index in [0.717, 1.165) is 17.0 Å². The maximum absolute atomic E-state index is 13.4. The van der Waals surface area contributed by atoms with E-state index < -0.39 is 6.04 Å². The third kappa shape index (κ3) is 2.67. The largest absolute Gasteiger partial charge is 0.329 e. The number of hydrogen-bond donors (Lipinski definition) is 0. The lowest BCUT2D eigenvalue weighted by Crippen LogP contribution is -2.41. The van der Waals surface area contributed by atoms with E-state index in [1.807, 2.05) is 37.6 Å². The minimum absolute atomic E-state index is 0.0401. The van der Waals surface area contributed by atoms with E-state index in [0.29, 0.717) is 24.7 Å². The Morgan fingerprint density at radius 3 is 2.77 bits per heavy atom. The fourth-order valence-corrected chi connectivity index (χ4v) is 3.45. The topological polar surface area (TPSA) is 68.8 Å². The molecule has 0 unspecified atom stereocenters. The number of fused-ring (bicyclic) bond motifs is 1. The summed E-state index contributed by atoms with van der Waals surface area (Å²) in [4.78, 5) is 14.6. The van der Waals surface area contributed by atoms with Gasteiger partial charge in [0.05, 0.1) is 12.2 Å². The molecule has 3 aromatic rings. The van der Waals surface area contributed by atoms with E-state index in [1.165, 1.54) is 12.1 Å². The summed E-state index contributed by atoms with van der Waals surface area (Å²) in [7, 11) is 1.84. The van der Waals surface area contributed by atoms with Gasteiger partial charge in [-0.2, -0.15) is 5.10 Å². The highest BCUT2D eigenvalue weighted by molar-refractivity contribution is 5.82. The lowest BCUT2D eigenvalue weighted by Gasteiger charge is -2.32. The lowest BCUT2D eigenvalue weighted by molar-refractivity contribution is -0.137. The third-order valence-corrected chi connectivity index (χ3v) is 4.65. The van der Waals surface area contributed by atoms with E-state index in [-0.39, 0.29) is 11.7 Å². The maximum Gasteiger partial charge on any atom is 0.246 e. The Labute approximate surface area is 150 Å². The lowest BCUT2D eigenvalue weighted by atomic mass is 10.1. The van der Waals surface area contributed by atoms with E-state index in [9.17, 15) is 9.18 Å². The van der Waals surface area contributed by atoms with Crippen LogP contribution in [0.4, 0.5) is 4.39 Å². The molecule has 1 amide bonds. The molecular formula is C18H19FN6O. The molecule has 7 nitrogen and oxygen atoms in total. The molecule has 0 radical (unpaired) electrons. The van der Waals surface area contributed by atoms with E-state index in [2.05, 4.69) is 15.3 Å². The average Bonchev–Trinajstić information content (AvgIpc) is 3.15. The summed E-state index contributed by atoms with van der Waals surface area (Å²) in [6.45, 7) is 4.42. The van der Waals surface area contributed by atoms with Gasteiger partial charge >= 0.3 is 0 Å². The molecule has 1 aliphatic heterocycles. The molecule has 0 N–H and O–H groups in total. The highest BCUT2D eigenvalue weighted by atomic mass is 19.1. The van der Waals surface area contributed by atoms with E-state index >= 15 is 0 Å². The molecule has 134 valence electrons. The fraction of sp³-hybridized carbons (Fsp3) is 0.333. The Balaban J connectivity index is 1.67. The second-order valence-electron chi connectivity index (χ2n) is 6.60. The summed E-state index contributed by atoms with van der Waals surface area (Å²) in [5.41, 5.74) is 2.45. The van der Waals surface area contributed by atoms with Crippen LogP contribution in [0.25, 0.3) is 11.5 Å². The number of benzene rings is 1. The zero-order valence-electron chi connectivity index (χ0n) is 14.8. The summed E-state index contributed by atoms with van der Waals surface area (Å²) in [5.74, 6) is 0.996. The van der Waals surface area contributed by atoms with Gasteiger partial charge in [-0.25, -0.2) is 4.39 Å². The van der Waals surface area contributed by atoms with Crippen LogP contribution in [-0.4, -0.2) is 35.4 Å². The Morgan fingerprint density at radius 1 is 1.27 bits per heavy atom. The van der Waals surface area contributed by atoms with Crippen molar-refractivity contribution in [2.45, 2.75) is 33.0 Å². The van der Waals surface area contributed by atoms with Crippen LogP contribution in [0.1, 0.15) is 30.0 Å². The minimum Gasteiger partial charge on any atom is -0.329 e. The number of carbonyl (C=O) groups is 1. The molecular weight excluding hydrogens is 335 g/mol. The van der Waals surface area contributed by atoms with Gasteiger partial charge in [-0.3, -0.25) is 14.0 Å². The van der Waals surface area contributed by atoms with Crippen LogP contribution < -0.4 is 0 Å². The van der Waals surface area contributed by atoms with Crippen LogP contribution in [0.3, 0.4) is 0 Å². The average molecular weight is 354 g/mol. The van der Waals surface area contributed by atoms with Crippen molar-refractivity contribution >= 4 is 5.91 Å². The standard InChI is InChI=1S/C18H19FN6O/c1-11-7-15(23(3)22-11)17-21-20-16-10-24(18(26)12(2)25(16)17)9-13-5-4-6-14(19)8-13/h4-8,12H,9-10H2,1-3H3/t12-/m0/s1. The first-order chi connectivity index (χ1) is 12.4. The van der Waals surface area contributed by atoms with Gasteiger partial charge in [0, 0.05) is 13.6 Å². The molecule has 1 aliphatic rings. The number of aromatic nitrogens is 5. The number of amides is 1. The second-order valence-corrected chi connectivity index (χ2v) is 6.60. The first kappa shape index (κ1) is 16.4. The summed E-state index contributed by atoms with van der Waals surface area (Å²) >= 11 is 0. The van der Waals surface area contributed by atoms with Crippen LogP contribution >= 0.6 is 0 Å². The van der Waals surface area contributed by atoms with Gasteiger partial charge in [0.15, 0.2) is 11.6 Å². The number of nitrogens with zero attached hydrogens (tertiary/aromatic N) is 6. The number of hydrogen-bond acceptors (Lipinski definition) is 4. The Hall–Kier alpha value is -3.03. The molecule has 0 spiro atoms. The summed E-state index contributed by atoms with van der Waals surface area (Å²) in [6.07, 6.45) is 0. The quantitative estimate of drug-likeness (QED) is 0.723. The smallest absolute Gasteiger partial charge is 0.246 e. The van der Waals surface area contributed by atoms with Crippen molar-refractivity contribution in [2.24, 2.45) is 7.05 Å². The minimum atomic E-state index is -0.437. The molecule has 0 saturated heterocycles. The van der Waals surface area contributed by atoms with Crippen molar-refractivity contribution in [3.63, 3.8) is 0 Å². The van der Waals surface area contributed by atoms with Crippen molar-refractivity contribution < 1.29 is 9.18 Å². The van der Waals surface area contributed by atoms with Crippen LogP contribution in [-0.2, 0) is 24.9 Å².